The number of carboxylic acid groups (broad SMARTS) is 1. The van der Waals surface area contributed by atoms with Gasteiger partial charge in [0.05, 0.1) is 22.7 Å². The number of thiazole rings is 1. The average molecular weight is 564 g/mol. The SMILES string of the molecule is C[C@@H](Cn1c(=O)nc(Nc2ccc(Oc3nc4ccccc4s3)cc2)n(Cc2ccc(Cl)cc2)c1=O)C(=O)O. The Morgan fingerprint density at radius 2 is 1.74 bits per heavy atom. The summed E-state index contributed by atoms with van der Waals surface area (Å²) in [7, 11) is 0. The first-order valence-electron chi connectivity index (χ1n) is 11.9. The van der Waals surface area contributed by atoms with Gasteiger partial charge in [-0.05, 0) is 54.1 Å². The topological polar surface area (TPSA) is 128 Å². The van der Waals surface area contributed by atoms with Crippen molar-refractivity contribution >= 4 is 50.8 Å². The number of nitrogens with one attached hydrogen (secondary N) is 1. The fraction of sp³-hybridized carbons (Fsp3) is 0.148. The van der Waals surface area contributed by atoms with Crippen molar-refractivity contribution in [3.8, 4) is 10.9 Å². The van der Waals surface area contributed by atoms with Crippen molar-refractivity contribution < 1.29 is 14.6 Å². The van der Waals surface area contributed by atoms with Crippen molar-refractivity contribution in [2.45, 2.75) is 20.0 Å². The molecule has 5 aromatic rings. The van der Waals surface area contributed by atoms with Crippen molar-refractivity contribution in [3.05, 3.63) is 104 Å². The maximum Gasteiger partial charge on any atom is 0.354 e. The van der Waals surface area contributed by atoms with Crippen LogP contribution in [0.3, 0.4) is 0 Å². The Morgan fingerprint density at radius 1 is 1.03 bits per heavy atom. The van der Waals surface area contributed by atoms with Gasteiger partial charge in [0, 0.05) is 17.3 Å². The molecular formula is C27H22ClN5O5S. The molecule has 10 nitrogen and oxygen atoms in total. The van der Waals surface area contributed by atoms with Crippen LogP contribution in [0.1, 0.15) is 12.5 Å². The lowest BCUT2D eigenvalue weighted by Crippen LogP contribution is -2.44. The summed E-state index contributed by atoms with van der Waals surface area (Å²) in [6.45, 7) is 1.19. The number of carbonyl (C=O) groups is 1. The number of fused-ring (bicyclic) bond motifs is 1. The summed E-state index contributed by atoms with van der Waals surface area (Å²) in [5, 5.41) is 13.4. The molecule has 0 fully saturated rings. The quantitative estimate of drug-likeness (QED) is 0.257. The van der Waals surface area contributed by atoms with Crippen LogP contribution in [0.2, 0.25) is 5.02 Å². The zero-order valence-electron chi connectivity index (χ0n) is 20.6. The van der Waals surface area contributed by atoms with E-state index in [1.807, 2.05) is 24.3 Å². The van der Waals surface area contributed by atoms with Crippen molar-refractivity contribution in [3.63, 3.8) is 0 Å². The minimum Gasteiger partial charge on any atom is -0.481 e. The molecule has 0 spiro atoms. The van der Waals surface area contributed by atoms with Crippen LogP contribution in [-0.2, 0) is 17.9 Å². The van der Waals surface area contributed by atoms with E-state index in [0.717, 1.165) is 20.3 Å². The molecule has 2 aromatic heterocycles. The fourth-order valence-electron chi connectivity index (χ4n) is 3.78. The number of rotatable bonds is 9. The Kier molecular flexibility index (Phi) is 7.44. The summed E-state index contributed by atoms with van der Waals surface area (Å²) in [4.78, 5) is 46.0. The molecule has 2 heterocycles. The Morgan fingerprint density at radius 3 is 2.44 bits per heavy atom. The number of aromatic nitrogens is 4. The monoisotopic (exact) mass is 563 g/mol. The molecule has 0 bridgehead atoms. The average Bonchev–Trinajstić information content (AvgIpc) is 3.33. The normalized spacial score (nSPS) is 11.8. The minimum absolute atomic E-state index is 0.0130. The largest absolute Gasteiger partial charge is 0.481 e. The minimum atomic E-state index is -1.12. The summed E-state index contributed by atoms with van der Waals surface area (Å²) in [5.74, 6) is -1.51. The van der Waals surface area contributed by atoms with E-state index >= 15 is 0 Å². The number of nitrogens with zero attached hydrogens (tertiary/aromatic N) is 4. The highest BCUT2D eigenvalue weighted by Gasteiger charge is 2.19. The van der Waals surface area contributed by atoms with Crippen LogP contribution < -0.4 is 21.4 Å². The number of halogens is 1. The highest BCUT2D eigenvalue weighted by Crippen LogP contribution is 2.31. The summed E-state index contributed by atoms with van der Waals surface area (Å²) < 4.78 is 9.02. The molecule has 0 aliphatic carbocycles. The second-order valence-corrected chi connectivity index (χ2v) is 10.2. The van der Waals surface area contributed by atoms with Gasteiger partial charge in [-0.15, -0.1) is 0 Å². The van der Waals surface area contributed by atoms with Gasteiger partial charge >= 0.3 is 17.3 Å². The standard InChI is InChI=1S/C27H22ClN5O5S/c1-16(23(34)35)14-33-25(36)31-24(32(27(33)37)15-17-6-8-18(28)9-7-17)29-19-10-12-20(13-11-19)38-26-30-21-4-2-3-5-22(21)39-26/h2-13,16H,14-15H2,1H3,(H,34,35)(H,29,31,36)/t16-/m0/s1. The number of hydrogen-bond donors (Lipinski definition) is 2. The van der Waals surface area contributed by atoms with Crippen LogP contribution in [0, 0.1) is 5.92 Å². The van der Waals surface area contributed by atoms with Gasteiger partial charge in [-0.25, -0.2) is 19.1 Å². The molecule has 5 rings (SSSR count). The molecule has 39 heavy (non-hydrogen) atoms. The summed E-state index contributed by atoms with van der Waals surface area (Å²) >= 11 is 7.43. The van der Waals surface area contributed by atoms with Gasteiger partial charge in [0.2, 0.25) is 5.95 Å². The Labute approximate surface area is 230 Å². The third kappa shape index (κ3) is 6.00. The zero-order chi connectivity index (χ0) is 27.5. The smallest absolute Gasteiger partial charge is 0.354 e. The highest BCUT2D eigenvalue weighted by atomic mass is 35.5. The van der Waals surface area contributed by atoms with E-state index in [1.165, 1.54) is 22.8 Å². The lowest BCUT2D eigenvalue weighted by atomic mass is 10.2. The van der Waals surface area contributed by atoms with E-state index in [1.54, 1.807) is 48.5 Å². The first kappa shape index (κ1) is 26.1. The molecule has 12 heteroatoms. The number of hydrogen-bond acceptors (Lipinski definition) is 8. The van der Waals surface area contributed by atoms with Gasteiger partial charge < -0.3 is 15.2 Å². The molecule has 1 atom stereocenters. The number of anilines is 2. The van der Waals surface area contributed by atoms with Gasteiger partial charge in [0.1, 0.15) is 5.75 Å². The van der Waals surface area contributed by atoms with Crippen molar-refractivity contribution in [1.29, 1.82) is 0 Å². The van der Waals surface area contributed by atoms with Gasteiger partial charge in [0.15, 0.2) is 0 Å². The highest BCUT2D eigenvalue weighted by molar-refractivity contribution is 7.20. The van der Waals surface area contributed by atoms with E-state index < -0.39 is 23.3 Å². The van der Waals surface area contributed by atoms with E-state index in [9.17, 15) is 19.5 Å². The van der Waals surface area contributed by atoms with Gasteiger partial charge in [-0.2, -0.15) is 4.98 Å². The number of benzene rings is 3. The Bertz CT molecular complexity index is 1730. The third-order valence-corrected chi connectivity index (χ3v) is 7.04. The van der Waals surface area contributed by atoms with Gasteiger partial charge in [-0.3, -0.25) is 9.36 Å². The molecule has 0 unspecified atom stereocenters. The maximum absolute atomic E-state index is 13.4. The molecule has 0 amide bonds. The van der Waals surface area contributed by atoms with E-state index in [0.29, 0.717) is 21.7 Å². The second kappa shape index (κ2) is 11.1. The van der Waals surface area contributed by atoms with Crippen LogP contribution in [0.25, 0.3) is 10.2 Å². The summed E-state index contributed by atoms with van der Waals surface area (Å²) in [6, 6.07) is 21.5. The van der Waals surface area contributed by atoms with Gasteiger partial charge in [0.25, 0.3) is 5.19 Å². The predicted octanol–water partition coefficient (Wildman–Crippen LogP) is 4.97. The van der Waals surface area contributed by atoms with Gasteiger partial charge in [-0.1, -0.05) is 54.1 Å². The first-order chi connectivity index (χ1) is 18.8. The molecule has 2 N–H and O–H groups in total. The summed E-state index contributed by atoms with van der Waals surface area (Å²) in [5.41, 5.74) is 0.616. The van der Waals surface area contributed by atoms with Crippen molar-refractivity contribution in [2.24, 2.45) is 5.92 Å². The van der Waals surface area contributed by atoms with Crippen molar-refractivity contribution in [2.75, 3.05) is 5.32 Å². The lowest BCUT2D eigenvalue weighted by Gasteiger charge is -2.16. The van der Waals surface area contributed by atoms with E-state index in [4.69, 9.17) is 16.3 Å². The number of para-hydroxylation sites is 1. The molecule has 0 aliphatic rings. The first-order valence-corrected chi connectivity index (χ1v) is 13.1. The van der Waals surface area contributed by atoms with Crippen LogP contribution in [0.5, 0.6) is 10.9 Å². The lowest BCUT2D eigenvalue weighted by molar-refractivity contribution is -0.141. The zero-order valence-corrected chi connectivity index (χ0v) is 22.1. The molecular weight excluding hydrogens is 542 g/mol. The number of ether oxygens (including phenoxy) is 1. The molecule has 3 aromatic carbocycles. The number of aliphatic carboxylic acids is 1. The van der Waals surface area contributed by atoms with Crippen LogP contribution in [-0.4, -0.2) is 30.2 Å². The Hall–Kier alpha value is -4.48. The molecule has 198 valence electrons. The molecule has 0 radical (unpaired) electrons. The predicted molar refractivity (Wildman–Crippen MR) is 150 cm³/mol. The molecule has 0 aliphatic heterocycles. The maximum atomic E-state index is 13.4. The number of carboxylic acids is 1. The van der Waals surface area contributed by atoms with Crippen LogP contribution >= 0.6 is 22.9 Å². The fourth-order valence-corrected chi connectivity index (χ4v) is 4.74. The van der Waals surface area contributed by atoms with E-state index in [-0.39, 0.29) is 19.0 Å². The third-order valence-electron chi connectivity index (χ3n) is 5.87. The summed E-state index contributed by atoms with van der Waals surface area (Å²) in [6.07, 6.45) is 0. The molecule has 0 saturated carbocycles. The van der Waals surface area contributed by atoms with E-state index in [2.05, 4.69) is 15.3 Å². The second-order valence-electron chi connectivity index (χ2n) is 8.76. The van der Waals surface area contributed by atoms with Crippen molar-refractivity contribution in [1.82, 2.24) is 19.1 Å². The Balaban J connectivity index is 1.43. The van der Waals surface area contributed by atoms with Crippen LogP contribution in [0.15, 0.2) is 82.4 Å². The molecule has 0 saturated heterocycles. The van der Waals surface area contributed by atoms with Crippen LogP contribution in [0.4, 0.5) is 11.6 Å².